The Balaban J connectivity index is 1.18. The summed E-state index contributed by atoms with van der Waals surface area (Å²) in [7, 11) is 0. The number of pyridine rings is 2. The van der Waals surface area contributed by atoms with E-state index in [9.17, 15) is 9.90 Å². The van der Waals surface area contributed by atoms with E-state index in [0.717, 1.165) is 34.5 Å². The number of nitrogens with two attached hydrogens (primary N) is 1. The Kier molecular flexibility index (Phi) is 10.3. The molecule has 4 N–H and O–H groups in total. The normalized spacial score (nSPS) is 17.3. The Bertz CT molecular complexity index is 1570. The van der Waals surface area contributed by atoms with Gasteiger partial charge in [0.1, 0.15) is 29.6 Å². The van der Waals surface area contributed by atoms with Crippen LogP contribution in [0.15, 0.2) is 97.0 Å². The topological polar surface area (TPSA) is 120 Å². The number of aromatic nitrogens is 2. The summed E-state index contributed by atoms with van der Waals surface area (Å²) < 4.78 is 12.3. The lowest BCUT2D eigenvalue weighted by Gasteiger charge is -2.36. The molecule has 0 saturated carbocycles. The first-order chi connectivity index (χ1) is 21.4. The maximum atomic E-state index is 12.9. The summed E-state index contributed by atoms with van der Waals surface area (Å²) in [6.07, 6.45) is 6.12. The molecule has 5 rings (SSSR count). The highest BCUT2D eigenvalue weighted by atomic mass is 35.5. The van der Waals surface area contributed by atoms with Crippen molar-refractivity contribution in [2.75, 3.05) is 13.2 Å². The van der Waals surface area contributed by atoms with Gasteiger partial charge in [0, 0.05) is 35.6 Å². The zero-order valence-corrected chi connectivity index (χ0v) is 25.4. The van der Waals surface area contributed by atoms with Crippen molar-refractivity contribution in [2.45, 2.75) is 44.9 Å². The number of benzene rings is 2. The van der Waals surface area contributed by atoms with Crippen LogP contribution >= 0.6 is 11.6 Å². The Labute approximate surface area is 262 Å². The Morgan fingerprint density at radius 1 is 1.05 bits per heavy atom. The van der Waals surface area contributed by atoms with Crippen LogP contribution in [0.1, 0.15) is 53.9 Å². The van der Waals surface area contributed by atoms with Crippen molar-refractivity contribution in [3.8, 4) is 5.75 Å². The number of hydrogen-bond donors (Lipinski definition) is 3. The van der Waals surface area contributed by atoms with Crippen molar-refractivity contribution < 1.29 is 19.4 Å². The number of nitrogens with one attached hydrogen (secondary N) is 1. The summed E-state index contributed by atoms with van der Waals surface area (Å²) in [6.45, 7) is 3.42. The van der Waals surface area contributed by atoms with E-state index in [1.807, 2.05) is 85.8 Å². The Hall–Kier alpha value is -4.24. The number of aliphatic hydroxyl groups excluding tert-OH is 1. The molecule has 3 unspecified atom stereocenters. The van der Waals surface area contributed by atoms with Crippen LogP contribution in [0.5, 0.6) is 5.75 Å². The molecule has 3 atom stereocenters. The van der Waals surface area contributed by atoms with Crippen LogP contribution in [0, 0.1) is 5.41 Å². The molecule has 4 aromatic rings. The number of aliphatic hydroxyl groups is 1. The van der Waals surface area contributed by atoms with E-state index in [-0.39, 0.29) is 24.3 Å². The number of primary amides is 1. The monoisotopic (exact) mass is 612 g/mol. The van der Waals surface area contributed by atoms with Crippen LogP contribution < -0.4 is 15.8 Å². The predicted molar refractivity (Wildman–Crippen MR) is 171 cm³/mol. The van der Waals surface area contributed by atoms with Crippen molar-refractivity contribution >= 4 is 23.6 Å². The molecule has 0 bridgehead atoms. The number of nitrogens with zero attached hydrogens (tertiary/aromatic N) is 2. The third-order valence-corrected chi connectivity index (χ3v) is 8.13. The number of carbonyl (C=O) groups excluding carboxylic acids is 1. The third kappa shape index (κ3) is 7.45. The summed E-state index contributed by atoms with van der Waals surface area (Å²) in [5.41, 5.74) is 8.97. The second-order valence-electron chi connectivity index (χ2n) is 11.1. The van der Waals surface area contributed by atoms with Crippen molar-refractivity contribution in [3.63, 3.8) is 0 Å². The van der Waals surface area contributed by atoms with Crippen LogP contribution in [0.25, 0.3) is 6.08 Å². The van der Waals surface area contributed by atoms with E-state index in [1.165, 1.54) is 0 Å². The van der Waals surface area contributed by atoms with Gasteiger partial charge >= 0.3 is 0 Å². The lowest BCUT2D eigenvalue weighted by molar-refractivity contribution is -0.127. The molecule has 0 fully saturated rings. The first kappa shape index (κ1) is 31.2. The van der Waals surface area contributed by atoms with E-state index < -0.39 is 11.3 Å². The zero-order chi connectivity index (χ0) is 30.9. The summed E-state index contributed by atoms with van der Waals surface area (Å²) in [4.78, 5) is 21.7. The minimum Gasteiger partial charge on any atom is -0.511 e. The highest BCUT2D eigenvalue weighted by Crippen LogP contribution is 2.43. The molecule has 0 aliphatic heterocycles. The van der Waals surface area contributed by atoms with Crippen LogP contribution in [0.2, 0.25) is 5.02 Å². The van der Waals surface area contributed by atoms with Gasteiger partial charge in [0.2, 0.25) is 5.91 Å². The maximum absolute atomic E-state index is 12.9. The quantitative estimate of drug-likeness (QED) is 0.145. The number of rotatable bonds is 14. The van der Waals surface area contributed by atoms with Gasteiger partial charge in [-0.25, -0.2) is 0 Å². The minimum absolute atomic E-state index is 0.0514. The fraction of sp³-hybridized carbons (Fsp3) is 0.286. The van der Waals surface area contributed by atoms with Gasteiger partial charge in [-0.3, -0.25) is 14.8 Å². The van der Waals surface area contributed by atoms with Crippen LogP contribution in [-0.2, 0) is 22.6 Å². The Morgan fingerprint density at radius 2 is 1.82 bits per heavy atom. The van der Waals surface area contributed by atoms with Gasteiger partial charge in [-0.1, -0.05) is 48.0 Å². The fourth-order valence-corrected chi connectivity index (χ4v) is 5.71. The van der Waals surface area contributed by atoms with Gasteiger partial charge < -0.3 is 25.6 Å². The second-order valence-corrected chi connectivity index (χ2v) is 11.5. The van der Waals surface area contributed by atoms with Crippen molar-refractivity contribution in [2.24, 2.45) is 11.1 Å². The lowest BCUT2D eigenvalue weighted by Crippen LogP contribution is -2.46. The molecule has 0 radical (unpaired) electrons. The Morgan fingerprint density at radius 3 is 2.52 bits per heavy atom. The molecule has 1 aliphatic carbocycles. The number of fused-ring (bicyclic) bond motifs is 1. The van der Waals surface area contributed by atoms with Gasteiger partial charge in [0.25, 0.3) is 0 Å². The molecule has 1 aliphatic rings. The molecule has 2 heterocycles. The molecule has 44 heavy (non-hydrogen) atoms. The summed E-state index contributed by atoms with van der Waals surface area (Å²) >= 11 is 6.09. The summed E-state index contributed by atoms with van der Waals surface area (Å²) in [6, 6.07) is 24.6. The average Bonchev–Trinajstić information content (AvgIpc) is 3.03. The summed E-state index contributed by atoms with van der Waals surface area (Å²) in [5, 5.41) is 15.4. The third-order valence-electron chi connectivity index (χ3n) is 7.88. The average molecular weight is 613 g/mol. The van der Waals surface area contributed by atoms with E-state index in [2.05, 4.69) is 15.3 Å². The molecule has 0 spiro atoms. The van der Waals surface area contributed by atoms with Gasteiger partial charge in [0.05, 0.1) is 11.4 Å². The largest absolute Gasteiger partial charge is 0.511 e. The number of halogens is 1. The molecular formula is C35H37ClN4O4. The molecule has 228 valence electrons. The van der Waals surface area contributed by atoms with Gasteiger partial charge in [-0.05, 0) is 92.4 Å². The van der Waals surface area contributed by atoms with Gasteiger partial charge in [-0.15, -0.1) is 0 Å². The molecular weight excluding hydrogens is 576 g/mol. The zero-order valence-electron chi connectivity index (χ0n) is 24.7. The number of ether oxygens (including phenoxy) is 2. The second kappa shape index (κ2) is 14.5. The minimum atomic E-state index is -1.23. The SMILES string of the molecule is CC(CC1(C(N)=O)Cc2cccc(OCc3ccccn3)c2C=C1O)NCCCOC(c1ccc(Cl)cc1)c1ccccn1. The van der Waals surface area contributed by atoms with Crippen LogP contribution in [0.4, 0.5) is 0 Å². The molecule has 9 heteroatoms. The highest BCUT2D eigenvalue weighted by Gasteiger charge is 2.45. The van der Waals surface area contributed by atoms with Crippen molar-refractivity contribution in [3.05, 3.63) is 130 Å². The lowest BCUT2D eigenvalue weighted by atomic mass is 9.70. The van der Waals surface area contributed by atoms with E-state index >= 15 is 0 Å². The van der Waals surface area contributed by atoms with E-state index in [1.54, 1.807) is 18.5 Å². The number of carbonyl (C=O) groups is 1. The molecule has 2 aromatic heterocycles. The first-order valence-electron chi connectivity index (χ1n) is 14.7. The van der Waals surface area contributed by atoms with Crippen LogP contribution in [-0.4, -0.2) is 40.2 Å². The van der Waals surface area contributed by atoms with E-state index in [0.29, 0.717) is 37.0 Å². The maximum Gasteiger partial charge on any atom is 0.231 e. The molecule has 2 aromatic carbocycles. The summed E-state index contributed by atoms with van der Waals surface area (Å²) in [5.74, 6) is 0.00551. The van der Waals surface area contributed by atoms with Gasteiger partial charge in [-0.2, -0.15) is 0 Å². The number of amides is 1. The first-order valence-corrected chi connectivity index (χ1v) is 15.1. The predicted octanol–water partition coefficient (Wildman–Crippen LogP) is 6.20. The van der Waals surface area contributed by atoms with Gasteiger partial charge in [0.15, 0.2) is 0 Å². The number of hydrogen-bond acceptors (Lipinski definition) is 7. The smallest absolute Gasteiger partial charge is 0.231 e. The molecule has 1 amide bonds. The van der Waals surface area contributed by atoms with Crippen molar-refractivity contribution in [1.29, 1.82) is 0 Å². The molecule has 0 saturated heterocycles. The highest BCUT2D eigenvalue weighted by molar-refractivity contribution is 6.30. The van der Waals surface area contributed by atoms with E-state index in [4.69, 9.17) is 26.8 Å². The molecule has 8 nitrogen and oxygen atoms in total. The standard InChI is InChI=1S/C35H37ClN4O4/c1-24(38-18-7-19-43-33(30-10-3-5-17-40-30)25-12-14-27(36)15-13-25)21-35(34(37)42)22-26-8-6-11-31(29(26)20-32(35)41)44-23-28-9-2-4-16-39-28/h2-6,8-17,20,24,33,38,41H,7,18-19,21-23H2,1H3,(H2,37,42). The van der Waals surface area contributed by atoms with Crippen molar-refractivity contribution in [1.82, 2.24) is 15.3 Å². The fourth-order valence-electron chi connectivity index (χ4n) is 5.59. The van der Waals surface area contributed by atoms with Crippen LogP contribution in [0.3, 0.4) is 0 Å².